The number of aliphatic imine (C=N–C) groups is 1. The summed E-state index contributed by atoms with van der Waals surface area (Å²) in [7, 11) is 0. The maximum absolute atomic E-state index is 6.41. The summed E-state index contributed by atoms with van der Waals surface area (Å²) in [4.78, 5) is 4.94. The van der Waals surface area contributed by atoms with E-state index in [9.17, 15) is 0 Å². The molecule has 2 N–H and O–H groups in total. The molecule has 5 heteroatoms. The van der Waals surface area contributed by atoms with Crippen molar-refractivity contribution in [1.29, 1.82) is 0 Å². The molecule has 0 aromatic heterocycles. The smallest absolute Gasteiger partial charge is 0.127 e. The zero-order chi connectivity index (χ0) is 17.3. The van der Waals surface area contributed by atoms with Crippen molar-refractivity contribution in [3.8, 4) is 0 Å². The topological polar surface area (TPSA) is 45.7 Å². The van der Waals surface area contributed by atoms with E-state index >= 15 is 0 Å². The van der Waals surface area contributed by atoms with E-state index in [1.807, 2.05) is 18.2 Å². The quantitative estimate of drug-likeness (QED) is 0.825. The molecule has 4 nitrogen and oxygen atoms in total. The Kier molecular flexibility index (Phi) is 4.40. The summed E-state index contributed by atoms with van der Waals surface area (Å²) in [5.41, 5.74) is 4.17. The van der Waals surface area contributed by atoms with E-state index < -0.39 is 0 Å². The van der Waals surface area contributed by atoms with Gasteiger partial charge in [0.2, 0.25) is 0 Å². The van der Waals surface area contributed by atoms with Gasteiger partial charge in [-0.05, 0) is 24.6 Å². The second kappa shape index (κ2) is 6.70. The van der Waals surface area contributed by atoms with Crippen LogP contribution in [0.25, 0.3) is 0 Å². The van der Waals surface area contributed by atoms with Crippen molar-refractivity contribution in [2.45, 2.75) is 31.8 Å². The highest BCUT2D eigenvalue weighted by molar-refractivity contribution is 6.34. The monoisotopic (exact) mass is 355 g/mol. The highest BCUT2D eigenvalue weighted by Crippen LogP contribution is 2.40. The molecule has 0 aliphatic carbocycles. The van der Waals surface area contributed by atoms with Crippen LogP contribution < -0.4 is 10.6 Å². The van der Waals surface area contributed by atoms with Gasteiger partial charge < -0.3 is 15.4 Å². The lowest BCUT2D eigenvalue weighted by molar-refractivity contribution is 0.0778. The van der Waals surface area contributed by atoms with Gasteiger partial charge in [0, 0.05) is 26.1 Å². The van der Waals surface area contributed by atoms with Crippen molar-refractivity contribution in [1.82, 2.24) is 0 Å². The molecular formula is C20H22ClN3O. The fourth-order valence-electron chi connectivity index (χ4n) is 3.55. The third-order valence-corrected chi connectivity index (χ3v) is 5.25. The largest absolute Gasteiger partial charge is 0.381 e. The molecule has 0 radical (unpaired) electrons. The number of aryl methyl sites for hydroxylation is 1. The van der Waals surface area contributed by atoms with Gasteiger partial charge in [-0.15, -0.1) is 0 Å². The van der Waals surface area contributed by atoms with Crippen molar-refractivity contribution in [2.75, 3.05) is 23.8 Å². The minimum absolute atomic E-state index is 0.236. The molecule has 0 saturated carbocycles. The Balaban J connectivity index is 1.69. The molecule has 2 aliphatic rings. The van der Waals surface area contributed by atoms with Crippen LogP contribution in [0.4, 0.5) is 11.4 Å². The fraction of sp³-hybridized carbons (Fsp3) is 0.350. The molecule has 1 fully saturated rings. The Morgan fingerprint density at radius 3 is 2.76 bits per heavy atom. The summed E-state index contributed by atoms with van der Waals surface area (Å²) >= 11 is 6.41. The summed E-state index contributed by atoms with van der Waals surface area (Å²) in [6.45, 7) is 4.20. The average Bonchev–Trinajstić information content (AvgIpc) is 2.62. The van der Waals surface area contributed by atoms with Crippen molar-refractivity contribution >= 4 is 28.8 Å². The molecule has 2 aliphatic heterocycles. The number of ether oxygens (including phenoxy) is 1. The number of nitrogens with one attached hydrogen (secondary N) is 2. The van der Waals surface area contributed by atoms with Crippen LogP contribution >= 0.6 is 11.6 Å². The minimum atomic E-state index is -0.236. The van der Waals surface area contributed by atoms with Crippen LogP contribution in [-0.4, -0.2) is 24.6 Å². The SMILES string of the molecule is Cc1cccc(CN=C2Nc3cccc(Cl)c3NC23CCOCC3)c1. The van der Waals surface area contributed by atoms with Crippen LogP contribution in [0.15, 0.2) is 47.5 Å². The number of hydrogen-bond donors (Lipinski definition) is 2. The molecule has 0 atom stereocenters. The second-order valence-corrected chi connectivity index (χ2v) is 7.17. The van der Waals surface area contributed by atoms with Crippen LogP contribution in [0.5, 0.6) is 0 Å². The third kappa shape index (κ3) is 3.24. The van der Waals surface area contributed by atoms with E-state index in [-0.39, 0.29) is 5.54 Å². The van der Waals surface area contributed by atoms with Gasteiger partial charge in [-0.2, -0.15) is 0 Å². The summed E-state index contributed by atoms with van der Waals surface area (Å²) in [6, 6.07) is 14.4. The van der Waals surface area contributed by atoms with Crippen LogP contribution in [-0.2, 0) is 11.3 Å². The van der Waals surface area contributed by atoms with Gasteiger partial charge in [-0.1, -0.05) is 47.5 Å². The maximum Gasteiger partial charge on any atom is 0.127 e. The molecule has 25 heavy (non-hydrogen) atoms. The second-order valence-electron chi connectivity index (χ2n) is 6.76. The lowest BCUT2D eigenvalue weighted by Gasteiger charge is -2.44. The van der Waals surface area contributed by atoms with E-state index in [0.29, 0.717) is 6.54 Å². The summed E-state index contributed by atoms with van der Waals surface area (Å²) in [5.74, 6) is 0.979. The van der Waals surface area contributed by atoms with E-state index in [0.717, 1.165) is 48.3 Å². The van der Waals surface area contributed by atoms with Gasteiger partial charge in [-0.25, -0.2) is 0 Å². The van der Waals surface area contributed by atoms with E-state index in [4.69, 9.17) is 21.3 Å². The molecule has 130 valence electrons. The lowest BCUT2D eigenvalue weighted by Crippen LogP contribution is -2.55. The van der Waals surface area contributed by atoms with Crippen LogP contribution in [0.1, 0.15) is 24.0 Å². The Morgan fingerprint density at radius 2 is 1.96 bits per heavy atom. The zero-order valence-electron chi connectivity index (χ0n) is 14.3. The van der Waals surface area contributed by atoms with Gasteiger partial charge in [0.05, 0.1) is 28.5 Å². The fourth-order valence-corrected chi connectivity index (χ4v) is 3.78. The number of benzene rings is 2. The average molecular weight is 356 g/mol. The molecule has 1 spiro atoms. The van der Waals surface area contributed by atoms with Crippen LogP contribution in [0.3, 0.4) is 0 Å². The van der Waals surface area contributed by atoms with Crippen LogP contribution in [0, 0.1) is 6.92 Å². The predicted octanol–water partition coefficient (Wildman–Crippen LogP) is 4.63. The Morgan fingerprint density at radius 1 is 1.16 bits per heavy atom. The van der Waals surface area contributed by atoms with Gasteiger partial charge in [0.1, 0.15) is 5.84 Å². The van der Waals surface area contributed by atoms with Gasteiger partial charge in [0.25, 0.3) is 0 Å². The highest BCUT2D eigenvalue weighted by atomic mass is 35.5. The van der Waals surface area contributed by atoms with Crippen molar-refractivity contribution < 1.29 is 4.74 Å². The van der Waals surface area contributed by atoms with Crippen molar-refractivity contribution in [2.24, 2.45) is 4.99 Å². The number of rotatable bonds is 2. The van der Waals surface area contributed by atoms with Gasteiger partial charge in [0.15, 0.2) is 0 Å². The predicted molar refractivity (Wildman–Crippen MR) is 104 cm³/mol. The normalized spacial score (nSPS) is 20.0. The Hall–Kier alpha value is -2.04. The first-order valence-corrected chi connectivity index (χ1v) is 9.06. The zero-order valence-corrected chi connectivity index (χ0v) is 15.1. The van der Waals surface area contributed by atoms with Gasteiger partial charge in [-0.3, -0.25) is 4.99 Å². The first-order valence-electron chi connectivity index (χ1n) is 8.68. The Bertz CT molecular complexity index is 812. The van der Waals surface area contributed by atoms with Crippen LogP contribution in [0.2, 0.25) is 5.02 Å². The molecule has 2 heterocycles. The number of halogens is 1. The highest BCUT2D eigenvalue weighted by Gasteiger charge is 2.41. The summed E-state index contributed by atoms with van der Waals surface area (Å²) < 4.78 is 5.59. The first-order chi connectivity index (χ1) is 12.2. The summed E-state index contributed by atoms with van der Waals surface area (Å²) in [5, 5.41) is 7.93. The standard InChI is InChI=1S/C20H22ClN3O/c1-14-4-2-5-15(12-14)13-22-19-20(8-10-25-11-9-20)24-18-16(21)6-3-7-17(18)23-19/h2-7,12,24H,8-11,13H2,1H3,(H,22,23). The molecule has 0 bridgehead atoms. The number of anilines is 2. The van der Waals surface area contributed by atoms with E-state index in [1.54, 1.807) is 0 Å². The molecule has 0 amide bonds. The number of fused-ring (bicyclic) bond motifs is 1. The van der Waals surface area contributed by atoms with Crippen molar-refractivity contribution in [3.05, 3.63) is 58.6 Å². The summed E-state index contributed by atoms with van der Waals surface area (Å²) in [6.07, 6.45) is 1.74. The first kappa shape index (κ1) is 16.4. The van der Waals surface area contributed by atoms with E-state index in [2.05, 4.69) is 41.8 Å². The molecule has 0 unspecified atom stereocenters. The number of para-hydroxylation sites is 1. The number of amidine groups is 1. The Labute approximate surface area is 153 Å². The van der Waals surface area contributed by atoms with Gasteiger partial charge >= 0.3 is 0 Å². The van der Waals surface area contributed by atoms with Crippen molar-refractivity contribution in [3.63, 3.8) is 0 Å². The molecule has 2 aromatic carbocycles. The molecule has 1 saturated heterocycles. The molecular weight excluding hydrogens is 334 g/mol. The molecule has 4 rings (SSSR count). The number of nitrogens with zero attached hydrogens (tertiary/aromatic N) is 1. The lowest BCUT2D eigenvalue weighted by atomic mass is 9.86. The maximum atomic E-state index is 6.41. The molecule has 2 aromatic rings. The minimum Gasteiger partial charge on any atom is -0.381 e. The number of hydrogen-bond acceptors (Lipinski definition) is 3. The van der Waals surface area contributed by atoms with E-state index in [1.165, 1.54) is 11.1 Å². The third-order valence-electron chi connectivity index (χ3n) is 4.93.